The molecule has 20 heavy (non-hydrogen) atoms. The average Bonchev–Trinajstić information content (AvgIpc) is 2.36. The minimum absolute atomic E-state index is 0.203. The summed E-state index contributed by atoms with van der Waals surface area (Å²) in [7, 11) is -3.58. The van der Waals surface area contributed by atoms with Gasteiger partial charge in [0, 0.05) is 5.41 Å². The fourth-order valence-electron chi connectivity index (χ4n) is 1.83. The smallest absolute Gasteiger partial charge is 0.185 e. The molecule has 0 aliphatic rings. The standard InChI is InChI=1S/C16H18O3S/c1-16(2,3)15(17)11-20(18,19)14-9-8-12-6-4-5-7-13(12)10-14/h4-10H,11H2,1-3H3. The summed E-state index contributed by atoms with van der Waals surface area (Å²) in [6.07, 6.45) is 0. The molecule has 2 rings (SSSR count). The van der Waals surface area contributed by atoms with E-state index in [4.69, 9.17) is 0 Å². The molecule has 0 saturated heterocycles. The lowest BCUT2D eigenvalue weighted by atomic mass is 9.92. The number of carbonyl (C=O) groups excluding carboxylic acids is 1. The van der Waals surface area contributed by atoms with E-state index in [9.17, 15) is 13.2 Å². The molecule has 0 N–H and O–H groups in total. The molecule has 0 aromatic heterocycles. The largest absolute Gasteiger partial charge is 0.298 e. The van der Waals surface area contributed by atoms with E-state index >= 15 is 0 Å². The first kappa shape index (κ1) is 14.7. The minimum atomic E-state index is -3.58. The van der Waals surface area contributed by atoms with Gasteiger partial charge in [-0.2, -0.15) is 0 Å². The van der Waals surface area contributed by atoms with E-state index in [0.717, 1.165) is 10.8 Å². The summed E-state index contributed by atoms with van der Waals surface area (Å²) in [6, 6.07) is 12.5. The maximum absolute atomic E-state index is 12.3. The lowest BCUT2D eigenvalue weighted by Gasteiger charge is -2.16. The number of rotatable bonds is 3. The van der Waals surface area contributed by atoms with Gasteiger partial charge >= 0.3 is 0 Å². The lowest BCUT2D eigenvalue weighted by molar-refractivity contribution is -0.123. The van der Waals surface area contributed by atoms with Crippen molar-refractivity contribution in [2.45, 2.75) is 25.7 Å². The third-order valence-corrected chi connectivity index (χ3v) is 4.85. The molecular weight excluding hydrogens is 272 g/mol. The fraction of sp³-hybridized carbons (Fsp3) is 0.312. The van der Waals surface area contributed by atoms with Gasteiger partial charge in [0.25, 0.3) is 0 Å². The highest BCUT2D eigenvalue weighted by Gasteiger charge is 2.28. The molecule has 0 aliphatic heterocycles. The van der Waals surface area contributed by atoms with Gasteiger partial charge in [-0.1, -0.05) is 51.1 Å². The normalized spacial score (nSPS) is 12.6. The molecule has 2 aromatic carbocycles. The summed E-state index contributed by atoms with van der Waals surface area (Å²) >= 11 is 0. The summed E-state index contributed by atoms with van der Waals surface area (Å²) in [5.74, 6) is -0.722. The van der Waals surface area contributed by atoms with Crippen LogP contribution in [0.15, 0.2) is 47.4 Å². The van der Waals surface area contributed by atoms with Crippen LogP contribution < -0.4 is 0 Å². The molecule has 0 spiro atoms. The van der Waals surface area contributed by atoms with Gasteiger partial charge in [0.1, 0.15) is 5.75 Å². The van der Waals surface area contributed by atoms with Crippen molar-refractivity contribution >= 4 is 26.4 Å². The molecule has 106 valence electrons. The first-order chi connectivity index (χ1) is 9.20. The van der Waals surface area contributed by atoms with Crippen LogP contribution in [0.4, 0.5) is 0 Å². The van der Waals surface area contributed by atoms with Gasteiger partial charge < -0.3 is 0 Å². The zero-order valence-electron chi connectivity index (χ0n) is 11.9. The predicted octanol–water partition coefficient (Wildman–Crippen LogP) is 3.23. The van der Waals surface area contributed by atoms with Gasteiger partial charge in [-0.15, -0.1) is 0 Å². The van der Waals surface area contributed by atoms with Crippen LogP contribution in [0.25, 0.3) is 10.8 Å². The number of hydrogen-bond donors (Lipinski definition) is 0. The number of fused-ring (bicyclic) bond motifs is 1. The Morgan fingerprint density at radius 3 is 2.20 bits per heavy atom. The molecule has 0 unspecified atom stereocenters. The van der Waals surface area contributed by atoms with Gasteiger partial charge in [-0.25, -0.2) is 8.42 Å². The van der Waals surface area contributed by atoms with Crippen molar-refractivity contribution in [1.29, 1.82) is 0 Å². The van der Waals surface area contributed by atoms with E-state index in [1.54, 1.807) is 39.0 Å². The molecule has 4 heteroatoms. The Morgan fingerprint density at radius 1 is 1.00 bits per heavy atom. The first-order valence-electron chi connectivity index (χ1n) is 6.45. The zero-order chi connectivity index (χ0) is 15.0. The van der Waals surface area contributed by atoms with Gasteiger partial charge in [-0.3, -0.25) is 4.79 Å². The quantitative estimate of drug-likeness (QED) is 0.872. The summed E-state index contributed by atoms with van der Waals surface area (Å²) in [5, 5.41) is 1.84. The average molecular weight is 290 g/mol. The zero-order valence-corrected chi connectivity index (χ0v) is 12.7. The van der Waals surface area contributed by atoms with Crippen LogP contribution in [0.2, 0.25) is 0 Å². The van der Waals surface area contributed by atoms with Crippen molar-refractivity contribution in [1.82, 2.24) is 0 Å². The topological polar surface area (TPSA) is 51.2 Å². The van der Waals surface area contributed by atoms with Crippen LogP contribution in [0.5, 0.6) is 0 Å². The van der Waals surface area contributed by atoms with Gasteiger partial charge in [-0.05, 0) is 22.9 Å². The third-order valence-electron chi connectivity index (χ3n) is 3.24. The highest BCUT2D eigenvalue weighted by atomic mass is 32.2. The number of carbonyl (C=O) groups is 1. The van der Waals surface area contributed by atoms with Crippen LogP contribution in [-0.2, 0) is 14.6 Å². The van der Waals surface area contributed by atoms with Crippen molar-refractivity contribution in [3.8, 4) is 0 Å². The number of hydrogen-bond acceptors (Lipinski definition) is 3. The molecule has 0 fully saturated rings. The molecule has 0 bridgehead atoms. The highest BCUT2D eigenvalue weighted by Crippen LogP contribution is 2.22. The summed E-state index contributed by atoms with van der Waals surface area (Å²) in [6.45, 7) is 5.18. The Labute approximate surface area is 119 Å². The molecule has 3 nitrogen and oxygen atoms in total. The molecule has 0 radical (unpaired) electrons. The molecule has 0 heterocycles. The van der Waals surface area contributed by atoms with E-state index in [-0.39, 0.29) is 10.7 Å². The van der Waals surface area contributed by atoms with Gasteiger partial charge in [0.05, 0.1) is 4.90 Å². The second-order valence-electron chi connectivity index (χ2n) is 5.94. The van der Waals surface area contributed by atoms with Crippen molar-refractivity contribution in [3.05, 3.63) is 42.5 Å². The Balaban J connectivity index is 2.39. The Morgan fingerprint density at radius 2 is 1.60 bits per heavy atom. The fourth-order valence-corrected chi connectivity index (χ4v) is 3.36. The second kappa shape index (κ2) is 5.02. The first-order valence-corrected chi connectivity index (χ1v) is 8.10. The summed E-state index contributed by atoms with van der Waals surface area (Å²) in [5.41, 5.74) is -0.649. The van der Waals surface area contributed by atoms with Crippen LogP contribution in [0.1, 0.15) is 20.8 Å². The van der Waals surface area contributed by atoms with E-state index in [1.807, 2.05) is 24.3 Å². The van der Waals surface area contributed by atoms with Crippen molar-refractivity contribution < 1.29 is 13.2 Å². The number of benzene rings is 2. The molecule has 0 atom stereocenters. The third kappa shape index (κ3) is 3.07. The summed E-state index contributed by atoms with van der Waals surface area (Å²) < 4.78 is 24.6. The Hall–Kier alpha value is -1.68. The minimum Gasteiger partial charge on any atom is -0.298 e. The number of sulfone groups is 1. The maximum Gasteiger partial charge on any atom is 0.185 e. The van der Waals surface area contributed by atoms with Gasteiger partial charge in [0.15, 0.2) is 15.6 Å². The van der Waals surface area contributed by atoms with Crippen molar-refractivity contribution in [3.63, 3.8) is 0 Å². The summed E-state index contributed by atoms with van der Waals surface area (Å²) in [4.78, 5) is 12.1. The monoisotopic (exact) mass is 290 g/mol. The maximum atomic E-state index is 12.3. The SMILES string of the molecule is CC(C)(C)C(=O)CS(=O)(=O)c1ccc2ccccc2c1. The van der Waals surface area contributed by atoms with Crippen LogP contribution in [0.3, 0.4) is 0 Å². The van der Waals surface area contributed by atoms with Crippen molar-refractivity contribution in [2.24, 2.45) is 5.41 Å². The lowest BCUT2D eigenvalue weighted by Crippen LogP contribution is -2.28. The van der Waals surface area contributed by atoms with E-state index in [0.29, 0.717) is 0 Å². The predicted molar refractivity (Wildman–Crippen MR) is 80.5 cm³/mol. The van der Waals surface area contributed by atoms with E-state index < -0.39 is 21.0 Å². The number of Topliss-reactive ketones (excluding diaryl/α,β-unsaturated/α-hetero) is 1. The number of ketones is 1. The molecule has 0 amide bonds. The van der Waals surface area contributed by atoms with E-state index in [2.05, 4.69) is 0 Å². The van der Waals surface area contributed by atoms with Crippen LogP contribution in [-0.4, -0.2) is 20.0 Å². The van der Waals surface area contributed by atoms with Crippen LogP contribution >= 0.6 is 0 Å². The molecule has 2 aromatic rings. The molecule has 0 aliphatic carbocycles. The van der Waals surface area contributed by atoms with E-state index in [1.165, 1.54) is 0 Å². The molecular formula is C16H18O3S. The second-order valence-corrected chi connectivity index (χ2v) is 7.93. The Bertz CT molecular complexity index is 753. The molecule has 0 saturated carbocycles. The highest BCUT2D eigenvalue weighted by molar-refractivity contribution is 7.92. The van der Waals surface area contributed by atoms with Gasteiger partial charge in [0.2, 0.25) is 0 Å². The van der Waals surface area contributed by atoms with Crippen LogP contribution in [0, 0.1) is 5.41 Å². The van der Waals surface area contributed by atoms with Crippen molar-refractivity contribution in [2.75, 3.05) is 5.75 Å². The Kier molecular flexibility index (Phi) is 3.69.